The van der Waals surface area contributed by atoms with Gasteiger partial charge in [-0.2, -0.15) is 0 Å². The lowest BCUT2D eigenvalue weighted by Gasteiger charge is -2.24. The second-order valence-corrected chi connectivity index (χ2v) is 10.9. The minimum Gasteiger partial charge on any atom is -0.497 e. The molecule has 12 heteroatoms. The van der Waals surface area contributed by atoms with Crippen LogP contribution in [-0.4, -0.2) is 38.5 Å². The molecule has 38 heavy (non-hydrogen) atoms. The summed E-state index contributed by atoms with van der Waals surface area (Å²) in [6, 6.07) is 17.4. The van der Waals surface area contributed by atoms with Crippen molar-refractivity contribution in [1.82, 2.24) is 4.72 Å². The molecule has 10 nitrogen and oxygen atoms in total. The van der Waals surface area contributed by atoms with E-state index in [1.807, 2.05) is 0 Å². The average Bonchev–Trinajstić information content (AvgIpc) is 3.19. The van der Waals surface area contributed by atoms with Crippen LogP contribution in [0.4, 0.5) is 0 Å². The van der Waals surface area contributed by atoms with Gasteiger partial charge in [-0.1, -0.05) is 23.7 Å². The topological polar surface area (TPSA) is 137 Å². The Morgan fingerprint density at radius 3 is 2.42 bits per heavy atom. The third kappa shape index (κ3) is 5.69. The highest BCUT2D eigenvalue weighted by atomic mass is 35.5. The number of carbonyl (C=O) groups excluding carboxylic acids is 1. The number of carbonyl (C=O) groups is 1. The number of methoxy groups -OCH3 is 1. The standard InChI is InChI=1S/C26H24ClN3O7S/c1-26(25(31)18-5-7-19(27)8-6-18)23(22-15-20(36-2)9-12-24(22)29-26)13-14-28-38(34,35)21-10-3-17(4-11-21)16-37-30(32)33/h3-12,15,28H,13-14,16H2,1-2H3. The molecular weight excluding hydrogens is 534 g/mol. The first kappa shape index (κ1) is 27.2. The molecule has 0 aromatic heterocycles. The van der Waals surface area contributed by atoms with E-state index in [9.17, 15) is 23.3 Å². The van der Waals surface area contributed by atoms with Crippen LogP contribution in [0.25, 0.3) is 5.57 Å². The molecule has 0 amide bonds. The van der Waals surface area contributed by atoms with Gasteiger partial charge in [-0.05, 0) is 79.1 Å². The average molecular weight is 558 g/mol. The Kier molecular flexibility index (Phi) is 7.81. The Balaban J connectivity index is 1.59. The smallest absolute Gasteiger partial charge is 0.294 e. The zero-order valence-corrected chi connectivity index (χ0v) is 22.1. The van der Waals surface area contributed by atoms with E-state index < -0.39 is 20.6 Å². The highest BCUT2D eigenvalue weighted by Crippen LogP contribution is 2.31. The van der Waals surface area contributed by atoms with Crippen LogP contribution in [0.5, 0.6) is 5.75 Å². The van der Waals surface area contributed by atoms with Gasteiger partial charge in [-0.15, -0.1) is 10.1 Å². The van der Waals surface area contributed by atoms with Gasteiger partial charge in [0.25, 0.3) is 5.09 Å². The van der Waals surface area contributed by atoms with Crippen molar-refractivity contribution in [3.8, 4) is 5.75 Å². The molecule has 1 unspecified atom stereocenters. The third-order valence-corrected chi connectivity index (χ3v) is 7.98. The van der Waals surface area contributed by atoms with E-state index in [1.54, 1.807) is 49.4 Å². The minimum absolute atomic E-state index is 0.000486. The van der Waals surface area contributed by atoms with E-state index in [-0.39, 0.29) is 30.3 Å². The van der Waals surface area contributed by atoms with Gasteiger partial charge in [0.15, 0.2) is 5.78 Å². The van der Waals surface area contributed by atoms with Crippen LogP contribution in [0, 0.1) is 10.1 Å². The number of ether oxygens (including phenoxy) is 1. The maximum absolute atomic E-state index is 13.6. The van der Waals surface area contributed by atoms with E-state index in [2.05, 4.69) is 9.56 Å². The molecule has 4 rings (SSSR count). The Bertz CT molecular complexity index is 1610. The summed E-state index contributed by atoms with van der Waals surface area (Å²) in [5, 5.41) is 11.3. The largest absolute Gasteiger partial charge is 0.497 e. The van der Waals surface area contributed by atoms with Crippen LogP contribution in [0.3, 0.4) is 0 Å². The van der Waals surface area contributed by atoms with Crippen LogP contribution in [0.15, 0.2) is 76.6 Å². The van der Waals surface area contributed by atoms with Crippen LogP contribution in [0.2, 0.25) is 5.02 Å². The Hall–Kier alpha value is -3.80. The molecule has 1 heterocycles. The third-order valence-electron chi connectivity index (χ3n) is 6.25. The number of nitrogens with zero attached hydrogens (tertiary/aromatic N) is 2. The fourth-order valence-electron chi connectivity index (χ4n) is 4.29. The van der Waals surface area contributed by atoms with Crippen molar-refractivity contribution in [2.75, 3.05) is 13.7 Å². The lowest BCUT2D eigenvalue weighted by atomic mass is 9.83. The quantitative estimate of drug-likeness (QED) is 0.217. The summed E-state index contributed by atoms with van der Waals surface area (Å²) in [5.41, 5.74) is 0.277. The molecule has 0 fully saturated rings. The predicted molar refractivity (Wildman–Crippen MR) is 139 cm³/mol. The van der Waals surface area contributed by atoms with E-state index in [1.165, 1.54) is 31.4 Å². The fourth-order valence-corrected chi connectivity index (χ4v) is 5.44. The number of nitrogens with one attached hydrogen (secondary N) is 1. The highest BCUT2D eigenvalue weighted by Gasteiger charge is 2.40. The first-order valence-electron chi connectivity index (χ1n) is 11.5. The number of sulfonamides is 1. The second kappa shape index (κ2) is 10.9. The summed E-state index contributed by atoms with van der Waals surface area (Å²) < 4.78 is 33.7. The summed E-state index contributed by atoms with van der Waals surface area (Å²) in [5.74, 6) is 0.344. The number of Topliss-reactive ketones (excluding diaryl/α,β-unsaturated/α-hetero) is 1. The number of benzene rings is 3. The van der Waals surface area contributed by atoms with E-state index in [0.717, 1.165) is 0 Å². The molecule has 0 saturated carbocycles. The maximum atomic E-state index is 13.6. The minimum atomic E-state index is -3.90. The van der Waals surface area contributed by atoms with Crippen LogP contribution in [-0.2, 0) is 21.5 Å². The maximum Gasteiger partial charge on any atom is 0.294 e. The summed E-state index contributed by atoms with van der Waals surface area (Å²) in [4.78, 5) is 33.0. The molecule has 1 atom stereocenters. The lowest BCUT2D eigenvalue weighted by molar-refractivity contribution is -0.763. The second-order valence-electron chi connectivity index (χ2n) is 8.67. The van der Waals surface area contributed by atoms with Gasteiger partial charge < -0.3 is 9.57 Å². The van der Waals surface area contributed by atoms with Gasteiger partial charge in [-0.3, -0.25) is 9.79 Å². The number of ketones is 1. The number of hydrogen-bond donors (Lipinski definition) is 1. The Morgan fingerprint density at radius 2 is 1.79 bits per heavy atom. The Morgan fingerprint density at radius 1 is 1.11 bits per heavy atom. The van der Waals surface area contributed by atoms with Crippen LogP contribution >= 0.6 is 11.6 Å². The predicted octanol–water partition coefficient (Wildman–Crippen LogP) is 2.85. The molecule has 3 aromatic rings. The lowest BCUT2D eigenvalue weighted by Crippen LogP contribution is -2.36. The van der Waals surface area contributed by atoms with Gasteiger partial charge in [-0.25, -0.2) is 13.1 Å². The van der Waals surface area contributed by atoms with Gasteiger partial charge in [0.05, 0.1) is 17.4 Å². The van der Waals surface area contributed by atoms with Crippen molar-refractivity contribution < 1.29 is 27.9 Å². The zero-order valence-electron chi connectivity index (χ0n) is 20.5. The number of fused-ring (bicyclic) bond motifs is 1. The van der Waals surface area contributed by atoms with Gasteiger partial charge in [0, 0.05) is 22.3 Å². The molecule has 0 spiro atoms. The van der Waals surface area contributed by atoms with Crippen molar-refractivity contribution in [2.45, 2.75) is 30.4 Å². The molecule has 1 N–H and O–H groups in total. The van der Waals surface area contributed by atoms with Gasteiger partial charge >= 0.3 is 0 Å². The summed E-state index contributed by atoms with van der Waals surface area (Å²) in [6.07, 6.45) is 0.202. The molecule has 3 aromatic carbocycles. The molecule has 0 radical (unpaired) electrons. The van der Waals surface area contributed by atoms with Crippen LogP contribution < -0.4 is 20.0 Å². The zero-order chi connectivity index (χ0) is 27.5. The number of halogens is 1. The Labute approximate surface area is 223 Å². The molecule has 0 bridgehead atoms. The highest BCUT2D eigenvalue weighted by molar-refractivity contribution is 7.89. The van der Waals surface area contributed by atoms with Crippen molar-refractivity contribution in [3.63, 3.8) is 0 Å². The molecule has 1 aliphatic heterocycles. The number of rotatable bonds is 11. The van der Waals surface area contributed by atoms with Crippen LogP contribution in [0.1, 0.15) is 29.3 Å². The van der Waals surface area contributed by atoms with E-state index in [0.29, 0.717) is 38.0 Å². The summed E-state index contributed by atoms with van der Waals surface area (Å²) in [7, 11) is -2.36. The molecule has 0 aliphatic carbocycles. The van der Waals surface area contributed by atoms with Crippen molar-refractivity contribution in [2.24, 2.45) is 4.99 Å². The molecule has 1 aliphatic rings. The van der Waals surface area contributed by atoms with E-state index >= 15 is 0 Å². The molecule has 0 saturated heterocycles. The summed E-state index contributed by atoms with van der Waals surface area (Å²) in [6.45, 7) is 1.43. The SMILES string of the molecule is COc1ccc2c(c1)=C(CCNS(=O)(=O)c1ccc(CO[N+](=O)[O-])cc1)C(C)(C(=O)c1ccc(Cl)cc1)N=2. The van der Waals surface area contributed by atoms with Crippen molar-refractivity contribution >= 4 is 33.0 Å². The van der Waals surface area contributed by atoms with E-state index in [4.69, 9.17) is 21.3 Å². The van der Waals surface area contributed by atoms with Gasteiger partial charge in [0.1, 0.15) is 17.9 Å². The van der Waals surface area contributed by atoms with Crippen molar-refractivity contribution in [1.29, 1.82) is 0 Å². The first-order chi connectivity index (χ1) is 18.0. The van der Waals surface area contributed by atoms with Crippen molar-refractivity contribution in [3.05, 3.63) is 104 Å². The normalized spacial score (nSPS) is 16.4. The summed E-state index contributed by atoms with van der Waals surface area (Å²) >= 11 is 5.99. The number of hydrogen-bond acceptors (Lipinski definition) is 8. The molecular formula is C26H24ClN3O7S. The molecule has 198 valence electrons. The monoisotopic (exact) mass is 557 g/mol. The van der Waals surface area contributed by atoms with Gasteiger partial charge in [0.2, 0.25) is 10.0 Å². The first-order valence-corrected chi connectivity index (χ1v) is 13.3. The fraction of sp³-hybridized carbons (Fsp3) is 0.231.